The van der Waals surface area contributed by atoms with Crippen molar-refractivity contribution in [2.24, 2.45) is 5.92 Å². The molecule has 1 saturated heterocycles. The lowest BCUT2D eigenvalue weighted by Gasteiger charge is -2.41. The molecule has 2 rings (SSSR count). The van der Waals surface area contributed by atoms with Crippen molar-refractivity contribution in [3.8, 4) is 5.75 Å². The highest BCUT2D eigenvalue weighted by atomic mass is 31.1. The van der Waals surface area contributed by atoms with Crippen LogP contribution < -0.4 is 4.74 Å². The minimum absolute atomic E-state index is 0.0682. The summed E-state index contributed by atoms with van der Waals surface area (Å²) in [6.45, 7) is 5.34. The van der Waals surface area contributed by atoms with E-state index in [1.165, 1.54) is 5.56 Å². The Kier molecular flexibility index (Phi) is 5.42. The van der Waals surface area contributed by atoms with Crippen molar-refractivity contribution in [3.05, 3.63) is 29.8 Å². The van der Waals surface area contributed by atoms with E-state index in [9.17, 15) is 0 Å². The summed E-state index contributed by atoms with van der Waals surface area (Å²) >= 11 is 0. The number of hydrogen-bond acceptors (Lipinski definition) is 3. The van der Waals surface area contributed by atoms with Crippen molar-refractivity contribution in [1.82, 2.24) is 0 Å². The molecule has 0 bridgehead atoms. The Morgan fingerprint density at radius 1 is 1.40 bits per heavy atom. The van der Waals surface area contributed by atoms with Crippen LogP contribution in [0.1, 0.15) is 37.9 Å². The van der Waals surface area contributed by atoms with Gasteiger partial charge < -0.3 is 14.6 Å². The fourth-order valence-corrected chi connectivity index (χ4v) is 4.61. The highest BCUT2D eigenvalue weighted by Gasteiger charge is 2.37. The molecule has 3 atom stereocenters. The first-order valence-electron chi connectivity index (χ1n) is 7.23. The zero-order valence-corrected chi connectivity index (χ0v) is 13.6. The van der Waals surface area contributed by atoms with Gasteiger partial charge in [0.1, 0.15) is 5.75 Å². The molecule has 3 nitrogen and oxygen atoms in total. The maximum Gasteiger partial charge on any atom is 0.122 e. The molecule has 0 spiro atoms. The summed E-state index contributed by atoms with van der Waals surface area (Å²) in [6, 6.07) is 8.29. The Balaban J connectivity index is 2.26. The lowest BCUT2D eigenvalue weighted by atomic mass is 9.94. The summed E-state index contributed by atoms with van der Waals surface area (Å²) in [7, 11) is 2.44. The highest BCUT2D eigenvalue weighted by molar-refractivity contribution is 7.40. The normalized spacial score (nSPS) is 26.6. The molecular formula is C16H25O3P. The second-order valence-electron chi connectivity index (χ2n) is 5.81. The second-order valence-corrected chi connectivity index (χ2v) is 7.93. The average molecular weight is 296 g/mol. The molecule has 1 fully saturated rings. The molecule has 0 amide bonds. The van der Waals surface area contributed by atoms with E-state index in [0.717, 1.165) is 25.2 Å². The first kappa shape index (κ1) is 15.8. The van der Waals surface area contributed by atoms with Crippen LogP contribution in [-0.4, -0.2) is 30.8 Å². The SMILES string of the molecule is COc1ccccc1[C@H]1PC(C)(C)OC[C@H]1CCCO. The van der Waals surface area contributed by atoms with E-state index in [2.05, 4.69) is 26.0 Å². The van der Waals surface area contributed by atoms with Crippen molar-refractivity contribution >= 4 is 8.58 Å². The predicted octanol–water partition coefficient (Wildman–Crippen LogP) is 3.57. The Morgan fingerprint density at radius 2 is 2.15 bits per heavy atom. The van der Waals surface area contributed by atoms with Gasteiger partial charge in [0, 0.05) is 17.8 Å². The summed E-state index contributed by atoms with van der Waals surface area (Å²) in [5, 5.41) is 9.03. The van der Waals surface area contributed by atoms with Gasteiger partial charge in [0.2, 0.25) is 0 Å². The molecule has 1 aliphatic rings. The van der Waals surface area contributed by atoms with Crippen molar-refractivity contribution in [2.45, 2.75) is 37.7 Å². The lowest BCUT2D eigenvalue weighted by Crippen LogP contribution is -2.32. The molecule has 4 heteroatoms. The maximum absolute atomic E-state index is 9.09. The number of para-hydroxylation sites is 1. The molecule has 1 heterocycles. The molecule has 1 aromatic rings. The van der Waals surface area contributed by atoms with E-state index >= 15 is 0 Å². The molecule has 0 saturated carbocycles. The van der Waals surface area contributed by atoms with E-state index in [1.54, 1.807) is 7.11 Å². The van der Waals surface area contributed by atoms with Crippen LogP contribution >= 0.6 is 8.58 Å². The number of aliphatic hydroxyl groups excluding tert-OH is 1. The Bertz CT molecular complexity index is 433. The Labute approximate surface area is 123 Å². The van der Waals surface area contributed by atoms with Crippen LogP contribution in [-0.2, 0) is 4.74 Å². The first-order valence-corrected chi connectivity index (χ1v) is 8.30. The number of aliphatic hydroxyl groups is 1. The summed E-state index contributed by atoms with van der Waals surface area (Å²) in [4.78, 5) is 0. The fraction of sp³-hybridized carbons (Fsp3) is 0.625. The van der Waals surface area contributed by atoms with Crippen molar-refractivity contribution < 1.29 is 14.6 Å². The molecule has 1 aromatic carbocycles. The van der Waals surface area contributed by atoms with Crippen molar-refractivity contribution in [2.75, 3.05) is 20.3 Å². The minimum Gasteiger partial charge on any atom is -0.496 e. The third-order valence-electron chi connectivity index (χ3n) is 3.84. The third kappa shape index (κ3) is 3.72. The van der Waals surface area contributed by atoms with Crippen molar-refractivity contribution in [3.63, 3.8) is 0 Å². The summed E-state index contributed by atoms with van der Waals surface area (Å²) in [6.07, 6.45) is 1.84. The van der Waals surface area contributed by atoms with Crippen LogP contribution in [0.4, 0.5) is 0 Å². The lowest BCUT2D eigenvalue weighted by molar-refractivity contribution is 0.00624. The molecule has 1 aliphatic heterocycles. The number of ether oxygens (including phenoxy) is 2. The van der Waals surface area contributed by atoms with E-state index in [0.29, 0.717) is 20.2 Å². The van der Waals surface area contributed by atoms with Gasteiger partial charge in [0.15, 0.2) is 0 Å². The van der Waals surface area contributed by atoms with Gasteiger partial charge in [0.05, 0.1) is 19.1 Å². The average Bonchev–Trinajstić information content (AvgIpc) is 2.45. The maximum atomic E-state index is 9.09. The van der Waals surface area contributed by atoms with Gasteiger partial charge >= 0.3 is 0 Å². The molecule has 20 heavy (non-hydrogen) atoms. The molecule has 0 aliphatic carbocycles. The molecule has 112 valence electrons. The molecule has 0 radical (unpaired) electrons. The Hall–Kier alpha value is -0.630. The zero-order chi connectivity index (χ0) is 14.6. The van der Waals surface area contributed by atoms with E-state index in [1.807, 2.05) is 12.1 Å². The standard InChI is InChI=1S/C16H25O3P/c1-16(2)19-11-12(7-6-10-17)15(20-16)13-8-4-5-9-14(13)18-3/h4-5,8-9,12,15,17,20H,6-7,10-11H2,1-3H3/t12-,15+/m1/s1. The monoisotopic (exact) mass is 296 g/mol. The first-order chi connectivity index (χ1) is 9.57. The van der Waals surface area contributed by atoms with Crippen LogP contribution in [0.2, 0.25) is 0 Å². The van der Waals surface area contributed by atoms with Crippen LogP contribution in [0.3, 0.4) is 0 Å². The van der Waals surface area contributed by atoms with Crippen molar-refractivity contribution in [1.29, 1.82) is 0 Å². The molecule has 1 N–H and O–H groups in total. The predicted molar refractivity (Wildman–Crippen MR) is 83.9 cm³/mol. The van der Waals surface area contributed by atoms with Gasteiger partial charge in [0.25, 0.3) is 0 Å². The van der Waals surface area contributed by atoms with E-state index in [-0.39, 0.29) is 11.9 Å². The van der Waals surface area contributed by atoms with Crippen LogP contribution in [0.5, 0.6) is 5.75 Å². The smallest absolute Gasteiger partial charge is 0.122 e. The van der Waals surface area contributed by atoms with E-state index in [4.69, 9.17) is 14.6 Å². The largest absolute Gasteiger partial charge is 0.496 e. The highest BCUT2D eigenvalue weighted by Crippen LogP contribution is 2.55. The van der Waals surface area contributed by atoms with E-state index < -0.39 is 0 Å². The number of benzene rings is 1. The quantitative estimate of drug-likeness (QED) is 0.844. The van der Waals surface area contributed by atoms with Crippen LogP contribution in [0.25, 0.3) is 0 Å². The van der Waals surface area contributed by atoms with Gasteiger partial charge in [-0.05, 0) is 38.7 Å². The summed E-state index contributed by atoms with van der Waals surface area (Å²) in [5.74, 6) is 1.43. The second kappa shape index (κ2) is 6.89. The number of hydrogen-bond donors (Lipinski definition) is 1. The number of rotatable bonds is 5. The van der Waals surface area contributed by atoms with Crippen LogP contribution in [0.15, 0.2) is 24.3 Å². The van der Waals surface area contributed by atoms with Crippen LogP contribution in [0, 0.1) is 5.92 Å². The number of methoxy groups -OCH3 is 1. The minimum atomic E-state index is -0.0682. The van der Waals surface area contributed by atoms with Gasteiger partial charge in [-0.3, -0.25) is 0 Å². The van der Waals surface area contributed by atoms with Gasteiger partial charge in [-0.25, -0.2) is 0 Å². The van der Waals surface area contributed by atoms with Gasteiger partial charge in [-0.1, -0.05) is 26.8 Å². The summed E-state index contributed by atoms with van der Waals surface area (Å²) < 4.78 is 11.5. The Morgan fingerprint density at radius 3 is 2.85 bits per heavy atom. The fourth-order valence-electron chi connectivity index (χ4n) is 2.80. The zero-order valence-electron chi connectivity index (χ0n) is 12.6. The molecule has 0 aromatic heterocycles. The topological polar surface area (TPSA) is 38.7 Å². The van der Waals surface area contributed by atoms with Gasteiger partial charge in [-0.2, -0.15) is 0 Å². The molecule has 1 unspecified atom stereocenters. The molecular weight excluding hydrogens is 271 g/mol. The third-order valence-corrected chi connectivity index (χ3v) is 5.77. The van der Waals surface area contributed by atoms with Gasteiger partial charge in [-0.15, -0.1) is 0 Å². The summed E-state index contributed by atoms with van der Waals surface area (Å²) in [5.41, 5.74) is 1.74.